The smallest absolute Gasteiger partial charge is 0.407 e. The Bertz CT molecular complexity index is 753. The highest BCUT2D eigenvalue weighted by Gasteiger charge is 2.27. The quantitative estimate of drug-likeness (QED) is 0.260. The number of carbonyl (C=O) groups is 1. The van der Waals surface area contributed by atoms with Crippen LogP contribution in [0.2, 0.25) is 0 Å². The molecule has 1 atom stereocenters. The fraction of sp³-hybridized carbons (Fsp3) is 0.600. The summed E-state index contributed by atoms with van der Waals surface area (Å²) in [5.74, 6) is 2.95. The molecular formula is C20H31IN4O5. The maximum atomic E-state index is 11.9. The summed E-state index contributed by atoms with van der Waals surface area (Å²) < 4.78 is 21.7. The maximum Gasteiger partial charge on any atom is 0.407 e. The number of likely N-dealkylation sites (tertiary alicyclic amines) is 1. The van der Waals surface area contributed by atoms with Crippen LogP contribution in [0.4, 0.5) is 4.79 Å². The van der Waals surface area contributed by atoms with Crippen molar-refractivity contribution in [2.75, 3.05) is 40.1 Å². The van der Waals surface area contributed by atoms with Crippen LogP contribution in [0.1, 0.15) is 27.2 Å². The van der Waals surface area contributed by atoms with Crippen LogP contribution in [0.3, 0.4) is 0 Å². The number of alkyl carbamates (subject to hydrolysis) is 1. The van der Waals surface area contributed by atoms with Gasteiger partial charge in [-0.3, -0.25) is 4.99 Å². The highest BCUT2D eigenvalue weighted by molar-refractivity contribution is 14.0. The summed E-state index contributed by atoms with van der Waals surface area (Å²) in [6.07, 6.45) is 0.456. The van der Waals surface area contributed by atoms with Crippen molar-refractivity contribution in [2.24, 2.45) is 4.99 Å². The minimum Gasteiger partial charge on any atom is -0.492 e. The molecule has 0 aromatic heterocycles. The third-order valence-electron chi connectivity index (χ3n) is 4.42. The molecule has 2 aliphatic rings. The first-order valence-corrected chi connectivity index (χ1v) is 9.81. The van der Waals surface area contributed by atoms with Crippen LogP contribution in [-0.2, 0) is 4.74 Å². The molecule has 10 heteroatoms. The van der Waals surface area contributed by atoms with Crippen molar-refractivity contribution in [3.8, 4) is 17.2 Å². The number of carbonyl (C=O) groups excluding carboxylic acids is 1. The maximum absolute atomic E-state index is 11.9. The van der Waals surface area contributed by atoms with Crippen molar-refractivity contribution in [1.82, 2.24) is 15.5 Å². The Morgan fingerprint density at radius 1 is 1.30 bits per heavy atom. The molecule has 1 fully saturated rings. The Labute approximate surface area is 194 Å². The van der Waals surface area contributed by atoms with Gasteiger partial charge < -0.3 is 34.5 Å². The largest absolute Gasteiger partial charge is 0.492 e. The van der Waals surface area contributed by atoms with E-state index in [0.29, 0.717) is 25.4 Å². The highest BCUT2D eigenvalue weighted by atomic mass is 127. The topological polar surface area (TPSA) is 93.7 Å². The Morgan fingerprint density at radius 3 is 2.80 bits per heavy atom. The third kappa shape index (κ3) is 6.99. The molecule has 1 amide bonds. The van der Waals surface area contributed by atoms with Crippen molar-refractivity contribution in [3.63, 3.8) is 0 Å². The van der Waals surface area contributed by atoms with Gasteiger partial charge in [-0.15, -0.1) is 24.0 Å². The normalized spacial score (nSPS) is 17.9. The van der Waals surface area contributed by atoms with Crippen molar-refractivity contribution in [2.45, 2.75) is 38.8 Å². The average Bonchev–Trinajstić information content (AvgIpc) is 3.29. The standard InChI is InChI=1S/C20H30N4O5.HI/c1-20(2,3)29-19(25)23-14-7-9-24(12-14)18(21-4)22-8-10-26-15-5-6-16-17(11-15)28-13-27-16;/h5-6,11,14H,7-10,12-13H2,1-4H3,(H,21,22)(H,23,25);1H. The van der Waals surface area contributed by atoms with Crippen LogP contribution in [0.15, 0.2) is 23.2 Å². The van der Waals surface area contributed by atoms with Gasteiger partial charge in [-0.25, -0.2) is 4.79 Å². The van der Waals surface area contributed by atoms with Crippen LogP contribution in [0.25, 0.3) is 0 Å². The molecule has 2 aliphatic heterocycles. The number of benzene rings is 1. The first-order valence-electron chi connectivity index (χ1n) is 9.81. The monoisotopic (exact) mass is 534 g/mol. The van der Waals surface area contributed by atoms with Crippen LogP contribution < -0.4 is 24.8 Å². The van der Waals surface area contributed by atoms with Gasteiger partial charge in [-0.1, -0.05) is 0 Å². The number of ether oxygens (including phenoxy) is 4. The summed E-state index contributed by atoms with van der Waals surface area (Å²) in [7, 11) is 1.75. The van der Waals surface area contributed by atoms with Crippen LogP contribution >= 0.6 is 24.0 Å². The first kappa shape index (κ1) is 24.2. The molecule has 168 valence electrons. The minimum absolute atomic E-state index is 0. The Morgan fingerprint density at radius 2 is 2.07 bits per heavy atom. The van der Waals surface area contributed by atoms with Crippen molar-refractivity contribution in [1.29, 1.82) is 0 Å². The molecule has 2 heterocycles. The number of rotatable bonds is 5. The van der Waals surface area contributed by atoms with E-state index in [1.165, 1.54) is 0 Å². The molecule has 30 heavy (non-hydrogen) atoms. The zero-order valence-corrected chi connectivity index (χ0v) is 20.2. The minimum atomic E-state index is -0.502. The van der Waals surface area contributed by atoms with Gasteiger partial charge in [0, 0.05) is 26.2 Å². The van der Waals surface area contributed by atoms with Crippen molar-refractivity contribution < 1.29 is 23.7 Å². The number of guanidine groups is 1. The molecule has 0 spiro atoms. The average molecular weight is 534 g/mol. The number of aliphatic imine (C=N–C) groups is 1. The van der Waals surface area contributed by atoms with Crippen LogP contribution in [0, 0.1) is 0 Å². The fourth-order valence-electron chi connectivity index (χ4n) is 3.18. The van der Waals surface area contributed by atoms with Gasteiger partial charge in [0.25, 0.3) is 0 Å². The number of nitrogens with zero attached hydrogens (tertiary/aromatic N) is 2. The van der Waals surface area contributed by atoms with Crippen LogP contribution in [-0.4, -0.2) is 68.7 Å². The van der Waals surface area contributed by atoms with E-state index in [1.54, 1.807) is 7.05 Å². The summed E-state index contributed by atoms with van der Waals surface area (Å²) >= 11 is 0. The number of fused-ring (bicyclic) bond motifs is 1. The first-order chi connectivity index (χ1) is 13.8. The molecule has 1 aromatic carbocycles. The molecule has 0 aliphatic carbocycles. The van der Waals surface area contributed by atoms with Gasteiger partial charge in [0.05, 0.1) is 12.6 Å². The number of halogens is 1. The second-order valence-electron chi connectivity index (χ2n) is 7.92. The van der Waals surface area contributed by atoms with Gasteiger partial charge in [-0.05, 0) is 39.3 Å². The fourth-order valence-corrected chi connectivity index (χ4v) is 3.18. The van der Waals surface area contributed by atoms with Gasteiger partial charge in [0.1, 0.15) is 18.0 Å². The van der Waals surface area contributed by atoms with Gasteiger partial charge >= 0.3 is 6.09 Å². The van der Waals surface area contributed by atoms with Crippen molar-refractivity contribution in [3.05, 3.63) is 18.2 Å². The molecule has 0 bridgehead atoms. The molecule has 3 rings (SSSR count). The summed E-state index contributed by atoms with van der Waals surface area (Å²) in [4.78, 5) is 18.4. The molecule has 9 nitrogen and oxygen atoms in total. The second kappa shape index (κ2) is 10.8. The predicted molar refractivity (Wildman–Crippen MR) is 124 cm³/mol. The van der Waals surface area contributed by atoms with E-state index >= 15 is 0 Å². The predicted octanol–water partition coefficient (Wildman–Crippen LogP) is 2.59. The lowest BCUT2D eigenvalue weighted by Gasteiger charge is -2.23. The highest BCUT2D eigenvalue weighted by Crippen LogP contribution is 2.34. The van der Waals surface area contributed by atoms with E-state index in [9.17, 15) is 4.79 Å². The lowest BCUT2D eigenvalue weighted by molar-refractivity contribution is 0.0507. The van der Waals surface area contributed by atoms with E-state index in [2.05, 4.69) is 20.5 Å². The number of hydrogen-bond acceptors (Lipinski definition) is 6. The zero-order valence-electron chi connectivity index (χ0n) is 17.9. The summed E-state index contributed by atoms with van der Waals surface area (Å²) in [6, 6.07) is 5.56. The van der Waals surface area contributed by atoms with E-state index in [0.717, 1.165) is 30.4 Å². The summed E-state index contributed by atoms with van der Waals surface area (Å²) in [5, 5.41) is 6.22. The molecule has 0 saturated carbocycles. The molecule has 1 saturated heterocycles. The van der Waals surface area contributed by atoms with Gasteiger partial charge in [-0.2, -0.15) is 0 Å². The summed E-state index contributed by atoms with van der Waals surface area (Å²) in [5.41, 5.74) is -0.502. The van der Waals surface area contributed by atoms with Crippen molar-refractivity contribution >= 4 is 36.0 Å². The Balaban J connectivity index is 0.00000320. The van der Waals surface area contributed by atoms with E-state index in [1.807, 2.05) is 39.0 Å². The van der Waals surface area contributed by atoms with Gasteiger partial charge in [0.15, 0.2) is 17.5 Å². The third-order valence-corrected chi connectivity index (χ3v) is 4.42. The molecule has 1 aromatic rings. The van der Waals surface area contributed by atoms with E-state index in [-0.39, 0.29) is 42.9 Å². The summed E-state index contributed by atoms with van der Waals surface area (Å²) in [6.45, 7) is 8.37. The SMILES string of the molecule is CN=C(NCCOc1ccc2c(c1)OCO2)N1CCC(NC(=O)OC(C)(C)C)C1.I. The molecular weight excluding hydrogens is 503 g/mol. The number of hydrogen-bond donors (Lipinski definition) is 2. The Hall–Kier alpha value is -2.11. The lowest BCUT2D eigenvalue weighted by atomic mass is 10.2. The second-order valence-corrected chi connectivity index (χ2v) is 7.92. The van der Waals surface area contributed by atoms with E-state index < -0.39 is 5.60 Å². The molecule has 0 radical (unpaired) electrons. The Kier molecular flexibility index (Phi) is 8.68. The lowest BCUT2D eigenvalue weighted by Crippen LogP contribution is -2.44. The number of nitrogens with one attached hydrogen (secondary N) is 2. The molecule has 1 unspecified atom stereocenters. The van der Waals surface area contributed by atoms with Crippen LogP contribution in [0.5, 0.6) is 17.2 Å². The number of amides is 1. The molecule has 2 N–H and O–H groups in total. The zero-order chi connectivity index (χ0) is 20.9. The van der Waals surface area contributed by atoms with Gasteiger partial charge in [0.2, 0.25) is 6.79 Å². The van der Waals surface area contributed by atoms with E-state index in [4.69, 9.17) is 18.9 Å².